The molecule has 0 aliphatic carbocycles. The number of amides is 1. The van der Waals surface area contributed by atoms with Gasteiger partial charge in [0.1, 0.15) is 5.92 Å². The summed E-state index contributed by atoms with van der Waals surface area (Å²) in [5.41, 5.74) is 1.92. The zero-order valence-electron chi connectivity index (χ0n) is 13.1. The van der Waals surface area contributed by atoms with Crippen LogP contribution in [0.4, 0.5) is 5.69 Å². The maximum absolute atomic E-state index is 12.5. The molecule has 1 saturated heterocycles. The number of ether oxygens (including phenoxy) is 1. The lowest BCUT2D eigenvalue weighted by molar-refractivity contribution is -0.145. The molecule has 0 saturated carbocycles. The van der Waals surface area contributed by atoms with Crippen LogP contribution in [0.5, 0.6) is 0 Å². The van der Waals surface area contributed by atoms with Gasteiger partial charge in [0.2, 0.25) is 5.91 Å². The summed E-state index contributed by atoms with van der Waals surface area (Å²) in [7, 11) is 0. The van der Waals surface area contributed by atoms with Crippen molar-refractivity contribution >= 4 is 17.6 Å². The number of benzene rings is 1. The third-order valence-electron chi connectivity index (χ3n) is 4.53. The fourth-order valence-electron chi connectivity index (χ4n) is 3.28. The van der Waals surface area contributed by atoms with Crippen molar-refractivity contribution in [1.29, 1.82) is 0 Å². The Hall–Kier alpha value is -2.14. The molecule has 0 unspecified atom stereocenters. The summed E-state index contributed by atoms with van der Waals surface area (Å²) < 4.78 is 5.53. The van der Waals surface area contributed by atoms with Gasteiger partial charge in [-0.15, -0.1) is 0 Å². The number of anilines is 1. The van der Waals surface area contributed by atoms with E-state index in [9.17, 15) is 14.7 Å². The number of fused-ring (bicyclic) bond motifs is 2. The molecule has 5 heteroatoms. The fourth-order valence-corrected chi connectivity index (χ4v) is 3.28. The van der Waals surface area contributed by atoms with Crippen LogP contribution in [0.25, 0.3) is 0 Å². The minimum Gasteiger partial charge on any atom is -0.481 e. The average molecular weight is 315 g/mol. The van der Waals surface area contributed by atoms with E-state index >= 15 is 0 Å². The molecule has 122 valence electrons. The van der Waals surface area contributed by atoms with E-state index in [4.69, 9.17) is 4.74 Å². The van der Waals surface area contributed by atoms with E-state index in [1.165, 1.54) is 5.56 Å². The molecule has 2 aliphatic heterocycles. The summed E-state index contributed by atoms with van der Waals surface area (Å²) >= 11 is 0. The second-order valence-corrected chi connectivity index (χ2v) is 6.13. The summed E-state index contributed by atoms with van der Waals surface area (Å²) in [4.78, 5) is 23.9. The van der Waals surface area contributed by atoms with E-state index in [1.807, 2.05) is 24.3 Å². The first kappa shape index (κ1) is 15.7. The Kier molecular flexibility index (Phi) is 4.48. The highest BCUT2D eigenvalue weighted by molar-refractivity contribution is 5.96. The van der Waals surface area contributed by atoms with Gasteiger partial charge in [-0.1, -0.05) is 37.6 Å². The van der Waals surface area contributed by atoms with Crippen molar-refractivity contribution in [3.63, 3.8) is 0 Å². The number of unbranched alkanes of at least 4 members (excludes halogenated alkanes) is 1. The predicted molar refractivity (Wildman–Crippen MR) is 86.1 cm³/mol. The average Bonchev–Trinajstić information content (AvgIpc) is 3.15. The van der Waals surface area contributed by atoms with E-state index in [1.54, 1.807) is 12.2 Å². The molecule has 2 bridgehead atoms. The van der Waals surface area contributed by atoms with Crippen LogP contribution in [0, 0.1) is 11.8 Å². The molecular weight excluding hydrogens is 294 g/mol. The number of hydrogen-bond donors (Lipinski definition) is 2. The van der Waals surface area contributed by atoms with E-state index in [0.717, 1.165) is 19.3 Å². The molecule has 5 nitrogen and oxygen atoms in total. The molecule has 0 aromatic heterocycles. The summed E-state index contributed by atoms with van der Waals surface area (Å²) in [6.45, 7) is 2.15. The third kappa shape index (κ3) is 3.15. The minimum absolute atomic E-state index is 0.296. The highest BCUT2D eigenvalue weighted by Gasteiger charge is 2.53. The van der Waals surface area contributed by atoms with Crippen LogP contribution in [0.15, 0.2) is 36.4 Å². The van der Waals surface area contributed by atoms with Gasteiger partial charge in [0, 0.05) is 5.69 Å². The molecule has 0 spiro atoms. The van der Waals surface area contributed by atoms with Crippen LogP contribution < -0.4 is 5.32 Å². The first-order valence-electron chi connectivity index (χ1n) is 8.06. The van der Waals surface area contributed by atoms with Crippen molar-refractivity contribution in [2.75, 3.05) is 5.32 Å². The molecule has 1 fully saturated rings. The highest BCUT2D eigenvalue weighted by Crippen LogP contribution is 2.39. The van der Waals surface area contributed by atoms with Gasteiger partial charge in [0.15, 0.2) is 0 Å². The second kappa shape index (κ2) is 6.54. The molecule has 2 N–H and O–H groups in total. The van der Waals surface area contributed by atoms with Gasteiger partial charge in [0.25, 0.3) is 0 Å². The van der Waals surface area contributed by atoms with Crippen LogP contribution in [-0.2, 0) is 20.7 Å². The number of carboxylic acid groups (broad SMARTS) is 1. The first-order valence-corrected chi connectivity index (χ1v) is 8.06. The van der Waals surface area contributed by atoms with Crippen LogP contribution in [0.3, 0.4) is 0 Å². The number of aryl methyl sites for hydroxylation is 1. The molecular formula is C18H21NO4. The Labute approximate surface area is 135 Å². The number of rotatable bonds is 6. The van der Waals surface area contributed by atoms with Crippen LogP contribution in [0.2, 0.25) is 0 Å². The van der Waals surface area contributed by atoms with Crippen LogP contribution in [-0.4, -0.2) is 29.2 Å². The molecule has 2 aliphatic rings. The molecule has 1 aromatic carbocycles. The normalized spacial score (nSPS) is 28.0. The van der Waals surface area contributed by atoms with Crippen molar-refractivity contribution in [2.45, 2.75) is 38.4 Å². The van der Waals surface area contributed by atoms with Crippen molar-refractivity contribution in [1.82, 2.24) is 0 Å². The van der Waals surface area contributed by atoms with Gasteiger partial charge >= 0.3 is 5.97 Å². The Morgan fingerprint density at radius 2 is 1.78 bits per heavy atom. The first-order chi connectivity index (χ1) is 11.1. The van der Waals surface area contributed by atoms with Gasteiger partial charge < -0.3 is 15.2 Å². The maximum atomic E-state index is 12.5. The third-order valence-corrected chi connectivity index (χ3v) is 4.53. The predicted octanol–water partition coefficient (Wildman–Crippen LogP) is 2.62. The zero-order valence-corrected chi connectivity index (χ0v) is 13.1. The van der Waals surface area contributed by atoms with E-state index < -0.39 is 30.0 Å². The molecule has 2 heterocycles. The Morgan fingerprint density at radius 1 is 1.13 bits per heavy atom. The van der Waals surface area contributed by atoms with Crippen molar-refractivity contribution in [2.24, 2.45) is 11.8 Å². The largest absolute Gasteiger partial charge is 0.481 e. The van der Waals surface area contributed by atoms with E-state index in [2.05, 4.69) is 12.2 Å². The SMILES string of the molecule is CCCCc1ccc(NC(=O)[C@@H]2[C@@H](C(=O)O)[C@H]3C=C[C@@H]2O3)cc1. The van der Waals surface area contributed by atoms with E-state index in [0.29, 0.717) is 5.69 Å². The van der Waals surface area contributed by atoms with Crippen LogP contribution >= 0.6 is 0 Å². The molecule has 1 amide bonds. The van der Waals surface area contributed by atoms with Gasteiger partial charge in [0.05, 0.1) is 18.1 Å². The monoisotopic (exact) mass is 315 g/mol. The molecule has 1 aromatic rings. The zero-order chi connectivity index (χ0) is 16.4. The lowest BCUT2D eigenvalue weighted by Gasteiger charge is -2.21. The van der Waals surface area contributed by atoms with Crippen molar-refractivity contribution in [3.8, 4) is 0 Å². The molecule has 4 atom stereocenters. The van der Waals surface area contributed by atoms with E-state index in [-0.39, 0.29) is 5.91 Å². The van der Waals surface area contributed by atoms with Crippen molar-refractivity contribution < 1.29 is 19.4 Å². The Bertz CT molecular complexity index is 622. The Balaban J connectivity index is 1.67. The number of hydrogen-bond acceptors (Lipinski definition) is 3. The maximum Gasteiger partial charge on any atom is 0.310 e. The van der Waals surface area contributed by atoms with Gasteiger partial charge in [-0.2, -0.15) is 0 Å². The summed E-state index contributed by atoms with van der Waals surface area (Å²) in [6, 6.07) is 7.72. The standard InChI is InChI=1S/C18H21NO4/c1-2-3-4-11-5-7-12(8-6-11)19-17(20)15-13-9-10-14(23-13)16(15)18(21)22/h5-10,13-16H,2-4H2,1H3,(H,19,20)(H,21,22)/t13-,14+,15-,16-/m0/s1. The molecule has 0 radical (unpaired) electrons. The van der Waals surface area contributed by atoms with Gasteiger partial charge in [-0.05, 0) is 30.5 Å². The second-order valence-electron chi connectivity index (χ2n) is 6.13. The summed E-state index contributed by atoms with van der Waals surface area (Å²) in [6.07, 6.45) is 5.89. The van der Waals surface area contributed by atoms with Gasteiger partial charge in [-0.3, -0.25) is 9.59 Å². The quantitative estimate of drug-likeness (QED) is 0.791. The smallest absolute Gasteiger partial charge is 0.310 e. The number of carbonyl (C=O) groups is 2. The highest BCUT2D eigenvalue weighted by atomic mass is 16.5. The molecule has 3 rings (SSSR count). The lowest BCUT2D eigenvalue weighted by atomic mass is 9.82. The molecule has 23 heavy (non-hydrogen) atoms. The number of carbonyl (C=O) groups excluding carboxylic acids is 1. The number of carboxylic acids is 1. The van der Waals surface area contributed by atoms with Crippen LogP contribution in [0.1, 0.15) is 25.3 Å². The number of nitrogens with one attached hydrogen (secondary N) is 1. The fraction of sp³-hybridized carbons (Fsp3) is 0.444. The number of aliphatic carboxylic acids is 1. The van der Waals surface area contributed by atoms with Crippen molar-refractivity contribution in [3.05, 3.63) is 42.0 Å². The Morgan fingerprint density at radius 3 is 2.39 bits per heavy atom. The topological polar surface area (TPSA) is 75.6 Å². The van der Waals surface area contributed by atoms with Gasteiger partial charge in [-0.25, -0.2) is 0 Å². The summed E-state index contributed by atoms with van der Waals surface area (Å²) in [5.74, 6) is -2.77. The minimum atomic E-state index is -0.989. The lowest BCUT2D eigenvalue weighted by Crippen LogP contribution is -2.39. The summed E-state index contributed by atoms with van der Waals surface area (Å²) in [5, 5.41) is 12.2.